The highest BCUT2D eigenvalue weighted by atomic mass is 19.1. The second-order valence-corrected chi connectivity index (χ2v) is 4.92. The minimum absolute atomic E-state index is 0.131. The Balaban J connectivity index is 2.07. The van der Waals surface area contributed by atoms with E-state index in [1.807, 2.05) is 0 Å². The molecule has 6 heteroatoms. The highest BCUT2D eigenvalue weighted by Crippen LogP contribution is 2.13. The van der Waals surface area contributed by atoms with E-state index >= 15 is 0 Å². The lowest BCUT2D eigenvalue weighted by Gasteiger charge is -2.15. The van der Waals surface area contributed by atoms with Crippen LogP contribution in [-0.4, -0.2) is 30.1 Å². The number of hydrogen-bond donors (Lipinski definition) is 2. The van der Waals surface area contributed by atoms with Crippen molar-refractivity contribution in [2.45, 2.75) is 12.5 Å². The van der Waals surface area contributed by atoms with Gasteiger partial charge in [0.2, 0.25) is 0 Å². The van der Waals surface area contributed by atoms with Crippen molar-refractivity contribution in [3.63, 3.8) is 0 Å². The molecular formula is C17H16FNO4. The predicted octanol–water partition coefficient (Wildman–Crippen LogP) is 2.26. The normalized spacial score (nSPS) is 11.6. The van der Waals surface area contributed by atoms with Gasteiger partial charge in [0.05, 0.1) is 7.11 Å². The van der Waals surface area contributed by atoms with Crippen LogP contribution in [0.3, 0.4) is 0 Å². The summed E-state index contributed by atoms with van der Waals surface area (Å²) in [5.74, 6) is -1.51. The maximum Gasteiger partial charge on any atom is 0.326 e. The summed E-state index contributed by atoms with van der Waals surface area (Å²) >= 11 is 0. The molecule has 2 rings (SSSR count). The number of benzene rings is 2. The fourth-order valence-electron chi connectivity index (χ4n) is 2.04. The maximum atomic E-state index is 12.9. The van der Waals surface area contributed by atoms with Crippen molar-refractivity contribution in [3.05, 3.63) is 65.5 Å². The molecule has 0 aromatic heterocycles. The Bertz CT molecular complexity index is 683. The van der Waals surface area contributed by atoms with Crippen molar-refractivity contribution in [2.24, 2.45) is 0 Å². The van der Waals surface area contributed by atoms with Gasteiger partial charge in [-0.05, 0) is 42.0 Å². The van der Waals surface area contributed by atoms with Crippen molar-refractivity contribution < 1.29 is 23.8 Å². The van der Waals surface area contributed by atoms with Crippen LogP contribution >= 0.6 is 0 Å². The minimum Gasteiger partial charge on any atom is -0.497 e. The molecule has 1 amide bonds. The molecule has 0 aliphatic heterocycles. The van der Waals surface area contributed by atoms with E-state index in [1.54, 1.807) is 24.3 Å². The van der Waals surface area contributed by atoms with E-state index in [2.05, 4.69) is 5.32 Å². The lowest BCUT2D eigenvalue weighted by Crippen LogP contribution is -2.42. The monoisotopic (exact) mass is 317 g/mol. The van der Waals surface area contributed by atoms with E-state index in [0.717, 1.165) is 17.7 Å². The van der Waals surface area contributed by atoms with Gasteiger partial charge in [0.15, 0.2) is 0 Å². The third kappa shape index (κ3) is 4.54. The number of amides is 1. The van der Waals surface area contributed by atoms with Crippen LogP contribution in [0.5, 0.6) is 5.75 Å². The first-order valence-electron chi connectivity index (χ1n) is 6.92. The van der Waals surface area contributed by atoms with E-state index in [1.165, 1.54) is 19.2 Å². The van der Waals surface area contributed by atoms with Gasteiger partial charge in [-0.25, -0.2) is 9.18 Å². The van der Waals surface area contributed by atoms with Crippen LogP contribution in [0.25, 0.3) is 0 Å². The highest BCUT2D eigenvalue weighted by Gasteiger charge is 2.21. The first-order chi connectivity index (χ1) is 11.0. The number of aliphatic carboxylic acids is 1. The molecule has 0 saturated heterocycles. The highest BCUT2D eigenvalue weighted by molar-refractivity contribution is 5.96. The first-order valence-corrected chi connectivity index (χ1v) is 6.92. The molecule has 2 N–H and O–H groups in total. The van der Waals surface area contributed by atoms with Crippen molar-refractivity contribution in [3.8, 4) is 5.75 Å². The molecular weight excluding hydrogens is 301 g/mol. The van der Waals surface area contributed by atoms with E-state index in [4.69, 9.17) is 4.74 Å². The Morgan fingerprint density at radius 2 is 1.74 bits per heavy atom. The van der Waals surface area contributed by atoms with Gasteiger partial charge in [-0.1, -0.05) is 12.1 Å². The predicted molar refractivity (Wildman–Crippen MR) is 82.0 cm³/mol. The molecule has 0 fully saturated rings. The van der Waals surface area contributed by atoms with Crippen molar-refractivity contribution in [2.75, 3.05) is 7.11 Å². The number of rotatable bonds is 6. The van der Waals surface area contributed by atoms with Crippen LogP contribution in [0.1, 0.15) is 15.9 Å². The summed E-state index contributed by atoms with van der Waals surface area (Å²) in [6, 6.07) is 10.7. The van der Waals surface area contributed by atoms with Gasteiger partial charge in [0.1, 0.15) is 17.6 Å². The first kappa shape index (κ1) is 16.5. The van der Waals surface area contributed by atoms with Gasteiger partial charge in [0.25, 0.3) is 5.91 Å². The Kier molecular flexibility index (Phi) is 5.30. The fourth-order valence-corrected chi connectivity index (χ4v) is 2.04. The summed E-state index contributed by atoms with van der Waals surface area (Å²) in [5, 5.41) is 11.7. The molecule has 0 radical (unpaired) electrons. The summed E-state index contributed by atoms with van der Waals surface area (Å²) in [7, 11) is 1.54. The number of nitrogens with one attached hydrogen (secondary N) is 1. The topological polar surface area (TPSA) is 75.6 Å². The van der Waals surface area contributed by atoms with Gasteiger partial charge in [-0.2, -0.15) is 0 Å². The van der Waals surface area contributed by atoms with Crippen LogP contribution < -0.4 is 10.1 Å². The van der Waals surface area contributed by atoms with Gasteiger partial charge < -0.3 is 15.2 Å². The van der Waals surface area contributed by atoms with Crippen molar-refractivity contribution in [1.82, 2.24) is 5.32 Å². The van der Waals surface area contributed by atoms with Crippen LogP contribution in [0.4, 0.5) is 4.39 Å². The molecule has 2 aromatic carbocycles. The molecule has 0 heterocycles. The molecule has 0 aliphatic rings. The molecule has 23 heavy (non-hydrogen) atoms. The molecule has 120 valence electrons. The summed E-state index contributed by atoms with van der Waals surface area (Å²) < 4.78 is 17.9. The summed E-state index contributed by atoms with van der Waals surface area (Å²) in [6.45, 7) is 0. The van der Waals surface area contributed by atoms with E-state index < -0.39 is 23.7 Å². The van der Waals surface area contributed by atoms with Crippen molar-refractivity contribution in [1.29, 1.82) is 0 Å². The number of hydrogen-bond acceptors (Lipinski definition) is 3. The maximum absolute atomic E-state index is 12.9. The molecule has 0 aliphatic carbocycles. The zero-order valence-electron chi connectivity index (χ0n) is 12.5. The second-order valence-electron chi connectivity index (χ2n) is 4.92. The number of carboxylic acids is 1. The number of ether oxygens (including phenoxy) is 1. The van der Waals surface area contributed by atoms with E-state index in [9.17, 15) is 19.1 Å². The summed E-state index contributed by atoms with van der Waals surface area (Å²) in [5.41, 5.74) is 0.949. The molecule has 5 nitrogen and oxygen atoms in total. The standard InChI is InChI=1S/C17H16FNO4/c1-23-14-8-2-11(3-9-14)10-15(17(21)22)19-16(20)12-4-6-13(18)7-5-12/h2-9,15H,10H2,1H3,(H,19,20)(H,21,22)/t15-/m0/s1. The number of methoxy groups -OCH3 is 1. The Hall–Kier alpha value is -2.89. The molecule has 0 bridgehead atoms. The van der Waals surface area contributed by atoms with Gasteiger partial charge >= 0.3 is 5.97 Å². The number of carboxylic acid groups (broad SMARTS) is 1. The number of carbonyl (C=O) groups is 2. The Labute approximate surface area is 132 Å². The summed E-state index contributed by atoms with van der Waals surface area (Å²) in [4.78, 5) is 23.4. The lowest BCUT2D eigenvalue weighted by molar-refractivity contribution is -0.139. The fraction of sp³-hybridized carbons (Fsp3) is 0.176. The Morgan fingerprint density at radius 3 is 2.26 bits per heavy atom. The SMILES string of the molecule is COc1ccc(C[C@H](NC(=O)c2ccc(F)cc2)C(=O)O)cc1. The van der Waals surface area contributed by atoms with Gasteiger partial charge in [-0.15, -0.1) is 0 Å². The number of halogens is 1. The zero-order chi connectivity index (χ0) is 16.8. The van der Waals surface area contributed by atoms with Gasteiger partial charge in [-0.3, -0.25) is 4.79 Å². The third-order valence-electron chi connectivity index (χ3n) is 3.31. The van der Waals surface area contributed by atoms with E-state index in [0.29, 0.717) is 5.75 Å². The lowest BCUT2D eigenvalue weighted by atomic mass is 10.1. The van der Waals surface area contributed by atoms with E-state index in [-0.39, 0.29) is 12.0 Å². The largest absolute Gasteiger partial charge is 0.497 e. The zero-order valence-corrected chi connectivity index (χ0v) is 12.5. The van der Waals surface area contributed by atoms with Crippen LogP contribution in [0.2, 0.25) is 0 Å². The van der Waals surface area contributed by atoms with Crippen LogP contribution in [0, 0.1) is 5.82 Å². The van der Waals surface area contributed by atoms with Gasteiger partial charge in [0, 0.05) is 12.0 Å². The minimum atomic E-state index is -1.14. The molecule has 0 unspecified atom stereocenters. The summed E-state index contributed by atoms with van der Waals surface area (Å²) in [6.07, 6.45) is 0.131. The molecule has 0 saturated carbocycles. The molecule has 0 spiro atoms. The third-order valence-corrected chi connectivity index (χ3v) is 3.31. The molecule has 2 aromatic rings. The van der Waals surface area contributed by atoms with Crippen LogP contribution in [-0.2, 0) is 11.2 Å². The average Bonchev–Trinajstić information content (AvgIpc) is 2.55. The van der Waals surface area contributed by atoms with Crippen LogP contribution in [0.15, 0.2) is 48.5 Å². The molecule has 1 atom stereocenters. The smallest absolute Gasteiger partial charge is 0.326 e. The van der Waals surface area contributed by atoms with Crippen molar-refractivity contribution >= 4 is 11.9 Å². The average molecular weight is 317 g/mol. The Morgan fingerprint density at radius 1 is 1.13 bits per heavy atom. The number of carbonyl (C=O) groups excluding carboxylic acids is 1. The second kappa shape index (κ2) is 7.40. The quantitative estimate of drug-likeness (QED) is 0.857.